The number of nitrogen functional groups attached to an aromatic ring is 1. The first-order chi connectivity index (χ1) is 9.85. The first kappa shape index (κ1) is 17.0. The molecule has 1 rings (SSSR count). The number of nitrogens with two attached hydrogens (primary N) is 1. The van der Waals surface area contributed by atoms with Gasteiger partial charge < -0.3 is 16.4 Å². The van der Waals surface area contributed by atoms with Crippen molar-refractivity contribution in [1.29, 1.82) is 0 Å². The van der Waals surface area contributed by atoms with E-state index in [2.05, 4.69) is 10.6 Å². The monoisotopic (exact) mass is 292 g/mol. The Morgan fingerprint density at radius 3 is 2.62 bits per heavy atom. The summed E-state index contributed by atoms with van der Waals surface area (Å²) in [5, 5.41) is 5.56. The summed E-state index contributed by atoms with van der Waals surface area (Å²) in [5.41, 5.74) is 7.98. The van der Waals surface area contributed by atoms with E-state index in [1.807, 2.05) is 13.8 Å². The quantitative estimate of drug-likeness (QED) is 0.682. The minimum atomic E-state index is -0.412. The molecule has 0 radical (unpaired) electrons. The lowest BCUT2D eigenvalue weighted by molar-refractivity contribution is -0.124. The number of aryl methyl sites for hydroxylation is 1. The number of carbonyl (C=O) groups excluding carboxylic acids is 2. The number of hydrogen-bond donors (Lipinski definition) is 3. The molecule has 0 aliphatic rings. The van der Waals surface area contributed by atoms with Gasteiger partial charge >= 0.3 is 0 Å². The van der Waals surface area contributed by atoms with Crippen LogP contribution in [0.15, 0.2) is 18.2 Å². The minimum Gasteiger partial charge on any atom is -0.399 e. The fourth-order valence-corrected chi connectivity index (χ4v) is 1.88. The van der Waals surface area contributed by atoms with Gasteiger partial charge in [-0.05, 0) is 51.6 Å². The van der Waals surface area contributed by atoms with Crippen LogP contribution in [0.5, 0.6) is 0 Å². The Labute approximate surface area is 125 Å². The summed E-state index contributed by atoms with van der Waals surface area (Å²) < 4.78 is 0. The van der Waals surface area contributed by atoms with Crippen LogP contribution in [0.3, 0.4) is 0 Å². The van der Waals surface area contributed by atoms with E-state index in [1.165, 1.54) is 0 Å². The van der Waals surface area contributed by atoms with Gasteiger partial charge in [0.05, 0.1) is 12.6 Å². The van der Waals surface area contributed by atoms with Gasteiger partial charge in [0.2, 0.25) is 11.8 Å². The molecule has 0 aromatic heterocycles. The van der Waals surface area contributed by atoms with E-state index in [0.29, 0.717) is 12.2 Å². The van der Waals surface area contributed by atoms with Gasteiger partial charge in [0.25, 0.3) is 0 Å². The van der Waals surface area contributed by atoms with Crippen LogP contribution in [-0.4, -0.2) is 42.9 Å². The molecule has 1 atom stereocenters. The molecular weight excluding hydrogens is 268 g/mol. The molecule has 0 fully saturated rings. The number of benzene rings is 1. The van der Waals surface area contributed by atoms with E-state index in [1.54, 1.807) is 37.1 Å². The molecule has 0 spiro atoms. The molecule has 21 heavy (non-hydrogen) atoms. The van der Waals surface area contributed by atoms with Crippen LogP contribution in [0.2, 0.25) is 0 Å². The lowest BCUT2D eigenvalue weighted by atomic mass is 10.1. The van der Waals surface area contributed by atoms with Gasteiger partial charge in [-0.3, -0.25) is 14.5 Å². The van der Waals surface area contributed by atoms with Gasteiger partial charge in [0.1, 0.15) is 0 Å². The maximum atomic E-state index is 12.2. The second-order valence-electron chi connectivity index (χ2n) is 5.11. The smallest absolute Gasteiger partial charge is 0.241 e. The maximum Gasteiger partial charge on any atom is 0.241 e. The molecule has 0 bridgehead atoms. The van der Waals surface area contributed by atoms with Crippen molar-refractivity contribution in [2.45, 2.75) is 26.8 Å². The van der Waals surface area contributed by atoms with Crippen molar-refractivity contribution in [3.8, 4) is 0 Å². The number of anilines is 2. The molecule has 6 heteroatoms. The number of carbonyl (C=O) groups is 2. The highest BCUT2D eigenvalue weighted by Gasteiger charge is 2.20. The van der Waals surface area contributed by atoms with Gasteiger partial charge in [-0.15, -0.1) is 0 Å². The Morgan fingerprint density at radius 1 is 1.38 bits per heavy atom. The van der Waals surface area contributed by atoms with E-state index < -0.39 is 6.04 Å². The zero-order valence-electron chi connectivity index (χ0n) is 13.1. The van der Waals surface area contributed by atoms with Crippen LogP contribution in [0, 0.1) is 6.92 Å². The summed E-state index contributed by atoms with van der Waals surface area (Å²) in [6.07, 6.45) is 0. The fraction of sp³-hybridized carbons (Fsp3) is 0.467. The van der Waals surface area contributed by atoms with E-state index in [-0.39, 0.29) is 18.4 Å². The highest BCUT2D eigenvalue weighted by Crippen LogP contribution is 2.18. The third-order valence-electron chi connectivity index (χ3n) is 3.32. The number of amides is 2. The number of rotatable bonds is 6. The third kappa shape index (κ3) is 5.07. The fourth-order valence-electron chi connectivity index (χ4n) is 1.88. The largest absolute Gasteiger partial charge is 0.399 e. The molecular formula is C15H24N4O2. The van der Waals surface area contributed by atoms with Crippen molar-refractivity contribution in [1.82, 2.24) is 10.2 Å². The molecule has 0 saturated carbocycles. The summed E-state index contributed by atoms with van der Waals surface area (Å²) in [6, 6.07) is 4.91. The number of nitrogens with one attached hydrogen (secondary N) is 2. The predicted molar refractivity (Wildman–Crippen MR) is 85.0 cm³/mol. The van der Waals surface area contributed by atoms with Crippen LogP contribution in [0.25, 0.3) is 0 Å². The van der Waals surface area contributed by atoms with Gasteiger partial charge in [-0.1, -0.05) is 0 Å². The molecule has 1 aromatic carbocycles. The van der Waals surface area contributed by atoms with E-state index in [9.17, 15) is 9.59 Å². The molecule has 1 unspecified atom stereocenters. The standard InChI is InChI=1S/C15H24N4O2/c1-5-17-14(20)9-19(4)11(3)15(21)18-13-7-6-12(16)8-10(13)2/h6-8,11H,5,9,16H2,1-4H3,(H,17,20)(H,18,21). The summed E-state index contributed by atoms with van der Waals surface area (Å²) in [6.45, 7) is 6.27. The van der Waals surface area contributed by atoms with Crippen molar-refractivity contribution >= 4 is 23.2 Å². The minimum absolute atomic E-state index is 0.0942. The molecule has 1 aromatic rings. The molecule has 6 nitrogen and oxygen atoms in total. The van der Waals surface area contributed by atoms with Gasteiger partial charge in [0, 0.05) is 17.9 Å². The summed E-state index contributed by atoms with van der Waals surface area (Å²) >= 11 is 0. The van der Waals surface area contributed by atoms with Crippen LogP contribution in [0.1, 0.15) is 19.4 Å². The van der Waals surface area contributed by atoms with E-state index in [0.717, 1.165) is 11.3 Å². The van der Waals surface area contributed by atoms with Crippen LogP contribution >= 0.6 is 0 Å². The second-order valence-corrected chi connectivity index (χ2v) is 5.11. The molecule has 2 amide bonds. The Balaban J connectivity index is 2.63. The average molecular weight is 292 g/mol. The SMILES string of the molecule is CCNC(=O)CN(C)C(C)C(=O)Nc1ccc(N)cc1C. The molecule has 0 aliphatic heterocycles. The lowest BCUT2D eigenvalue weighted by Gasteiger charge is -2.23. The van der Waals surface area contributed by atoms with Crippen molar-refractivity contribution in [2.75, 3.05) is 31.2 Å². The molecule has 0 aliphatic carbocycles. The average Bonchev–Trinajstić information content (AvgIpc) is 2.41. The molecule has 4 N–H and O–H groups in total. The zero-order valence-corrected chi connectivity index (χ0v) is 13.1. The van der Waals surface area contributed by atoms with Crippen molar-refractivity contribution < 1.29 is 9.59 Å². The van der Waals surface area contributed by atoms with E-state index in [4.69, 9.17) is 5.73 Å². The topological polar surface area (TPSA) is 87.5 Å². The highest BCUT2D eigenvalue weighted by atomic mass is 16.2. The zero-order chi connectivity index (χ0) is 16.0. The molecule has 0 heterocycles. The first-order valence-corrected chi connectivity index (χ1v) is 6.99. The van der Waals surface area contributed by atoms with E-state index >= 15 is 0 Å². The molecule has 116 valence electrons. The molecule has 0 saturated heterocycles. The Morgan fingerprint density at radius 2 is 2.05 bits per heavy atom. The number of hydrogen-bond acceptors (Lipinski definition) is 4. The predicted octanol–water partition coefficient (Wildman–Crippen LogP) is 0.972. The summed E-state index contributed by atoms with van der Waals surface area (Å²) in [4.78, 5) is 25.4. The van der Waals surface area contributed by atoms with Crippen molar-refractivity contribution in [3.05, 3.63) is 23.8 Å². The van der Waals surface area contributed by atoms with Gasteiger partial charge in [-0.2, -0.15) is 0 Å². The van der Waals surface area contributed by atoms with Crippen LogP contribution in [0.4, 0.5) is 11.4 Å². The Hall–Kier alpha value is -2.08. The summed E-state index contributed by atoms with van der Waals surface area (Å²) in [5.74, 6) is -0.252. The Bertz CT molecular complexity index is 516. The van der Waals surface area contributed by atoms with Crippen LogP contribution < -0.4 is 16.4 Å². The van der Waals surface area contributed by atoms with Crippen molar-refractivity contribution in [3.63, 3.8) is 0 Å². The van der Waals surface area contributed by atoms with Gasteiger partial charge in [-0.25, -0.2) is 0 Å². The summed E-state index contributed by atoms with van der Waals surface area (Å²) in [7, 11) is 1.75. The lowest BCUT2D eigenvalue weighted by Crippen LogP contribution is -2.44. The van der Waals surface area contributed by atoms with Crippen molar-refractivity contribution in [2.24, 2.45) is 0 Å². The Kier molecular flexibility index (Phi) is 6.17. The normalized spacial score (nSPS) is 12.0. The maximum absolute atomic E-state index is 12.2. The number of nitrogens with zero attached hydrogens (tertiary/aromatic N) is 1. The highest BCUT2D eigenvalue weighted by molar-refractivity contribution is 5.95. The number of likely N-dealkylation sites (N-methyl/N-ethyl adjacent to an activating group) is 2. The van der Waals surface area contributed by atoms with Crippen LogP contribution in [-0.2, 0) is 9.59 Å². The second kappa shape index (κ2) is 7.64. The van der Waals surface area contributed by atoms with Gasteiger partial charge in [0.15, 0.2) is 0 Å². The third-order valence-corrected chi connectivity index (χ3v) is 3.32. The first-order valence-electron chi connectivity index (χ1n) is 6.99.